The number of aliphatic hydroxyl groups excluding tert-OH is 5. The molecule has 1 rings (SSSR count). The molecular weight excluding hydrogens is 1180 g/mol. The monoisotopic (exact) mass is 1340 g/mol. The minimum Gasteiger partial charge on any atom is -0.466 e. The third-order valence-corrected chi connectivity index (χ3v) is 20.0. The normalized spacial score (nSPS) is 17.5. The Morgan fingerprint density at radius 1 is 0.389 bits per heavy atom. The maximum atomic E-state index is 13.1. The molecule has 1 fully saturated rings. The average molecular weight is 1340 g/mol. The molecule has 7 atom stereocenters. The number of nitrogens with one attached hydrogen (secondary N) is 1. The maximum absolute atomic E-state index is 13.1. The molecule has 95 heavy (non-hydrogen) atoms. The number of ether oxygens (including phenoxy) is 3. The average Bonchev–Trinajstić information content (AvgIpc) is 0.858. The fourth-order valence-electron chi connectivity index (χ4n) is 13.5. The van der Waals surface area contributed by atoms with E-state index in [1.54, 1.807) is 6.08 Å². The van der Waals surface area contributed by atoms with E-state index in [0.29, 0.717) is 19.4 Å². The van der Waals surface area contributed by atoms with Gasteiger partial charge in [0.25, 0.3) is 0 Å². The summed E-state index contributed by atoms with van der Waals surface area (Å²) < 4.78 is 16.8. The van der Waals surface area contributed by atoms with Gasteiger partial charge in [-0.2, -0.15) is 0 Å². The molecule has 560 valence electrons. The Hall–Kier alpha value is -2.12. The van der Waals surface area contributed by atoms with Gasteiger partial charge in [-0.15, -0.1) is 0 Å². The molecule has 11 heteroatoms. The minimum atomic E-state index is -1.57. The van der Waals surface area contributed by atoms with E-state index in [-0.39, 0.29) is 18.5 Å². The second-order valence-corrected chi connectivity index (χ2v) is 29.2. The largest absolute Gasteiger partial charge is 0.466 e. The van der Waals surface area contributed by atoms with Gasteiger partial charge >= 0.3 is 5.97 Å². The van der Waals surface area contributed by atoms with E-state index in [9.17, 15) is 35.1 Å². The molecule has 0 radical (unpaired) electrons. The molecular formula is C84H159NO10. The number of amides is 1. The summed E-state index contributed by atoms with van der Waals surface area (Å²) in [5.41, 5.74) is 0. The van der Waals surface area contributed by atoms with Crippen molar-refractivity contribution in [3.8, 4) is 0 Å². The lowest BCUT2D eigenvalue weighted by Gasteiger charge is -2.40. The molecule has 0 saturated carbocycles. The molecule has 1 amide bonds. The Balaban J connectivity index is 1.87. The minimum absolute atomic E-state index is 0.0194. The van der Waals surface area contributed by atoms with Crippen LogP contribution in [0.15, 0.2) is 36.5 Å². The third kappa shape index (κ3) is 61.5. The van der Waals surface area contributed by atoms with Crippen LogP contribution in [0, 0.1) is 0 Å². The highest BCUT2D eigenvalue weighted by atomic mass is 16.7. The number of aliphatic hydroxyl groups is 5. The summed E-state index contributed by atoms with van der Waals surface area (Å²) in [6, 6.07) is -0.807. The Bertz CT molecular complexity index is 1670. The summed E-state index contributed by atoms with van der Waals surface area (Å²) in [6.07, 6.45) is 86.3. The fourth-order valence-corrected chi connectivity index (χ4v) is 13.5. The lowest BCUT2D eigenvalue weighted by Crippen LogP contribution is -2.60. The van der Waals surface area contributed by atoms with Gasteiger partial charge in [0.05, 0.1) is 32.0 Å². The van der Waals surface area contributed by atoms with Gasteiger partial charge in [-0.3, -0.25) is 9.59 Å². The van der Waals surface area contributed by atoms with Crippen LogP contribution in [0.2, 0.25) is 0 Å². The number of allylic oxidation sites excluding steroid dienone is 5. The van der Waals surface area contributed by atoms with Crippen molar-refractivity contribution < 1.29 is 49.3 Å². The SMILES string of the molecule is CCCCCCCCCCC/C=C/C(O)C(COC1OC(CO)C(O)C(O)C1O)NC(=O)CCCCCCCCCCCCCCCCCCC/C=C\C/C=C\CCCCCCCCCCCCCCCCCOC(=O)CCCCCCCCCCCCCCCCCCC. The third-order valence-electron chi connectivity index (χ3n) is 20.0. The van der Waals surface area contributed by atoms with Crippen molar-refractivity contribution in [3.05, 3.63) is 36.5 Å². The highest BCUT2D eigenvalue weighted by molar-refractivity contribution is 5.76. The number of carbonyl (C=O) groups excluding carboxylic acids is 2. The van der Waals surface area contributed by atoms with E-state index < -0.39 is 49.5 Å². The molecule has 0 spiro atoms. The van der Waals surface area contributed by atoms with E-state index >= 15 is 0 Å². The lowest BCUT2D eigenvalue weighted by molar-refractivity contribution is -0.302. The van der Waals surface area contributed by atoms with E-state index in [2.05, 4.69) is 43.5 Å². The maximum Gasteiger partial charge on any atom is 0.305 e. The molecule has 11 nitrogen and oxygen atoms in total. The number of hydrogen-bond acceptors (Lipinski definition) is 10. The first-order valence-corrected chi connectivity index (χ1v) is 41.8. The van der Waals surface area contributed by atoms with Crippen LogP contribution in [-0.4, -0.2) is 100 Å². The molecule has 1 aliphatic rings. The van der Waals surface area contributed by atoms with Gasteiger partial charge in [0.2, 0.25) is 5.91 Å². The second kappa shape index (κ2) is 73.1. The first kappa shape index (κ1) is 90.9. The number of hydrogen-bond donors (Lipinski definition) is 6. The van der Waals surface area contributed by atoms with Gasteiger partial charge < -0.3 is 45.1 Å². The van der Waals surface area contributed by atoms with Gasteiger partial charge in [-0.05, 0) is 64.2 Å². The van der Waals surface area contributed by atoms with E-state index in [4.69, 9.17) is 14.2 Å². The van der Waals surface area contributed by atoms with Crippen molar-refractivity contribution >= 4 is 11.9 Å². The smallest absolute Gasteiger partial charge is 0.305 e. The van der Waals surface area contributed by atoms with Gasteiger partial charge in [0, 0.05) is 12.8 Å². The number of carbonyl (C=O) groups is 2. The number of esters is 1. The zero-order valence-corrected chi connectivity index (χ0v) is 62.7. The summed E-state index contributed by atoms with van der Waals surface area (Å²) in [6.45, 7) is 4.39. The molecule has 6 N–H and O–H groups in total. The van der Waals surface area contributed by atoms with Crippen LogP contribution in [0.1, 0.15) is 425 Å². The quantitative estimate of drug-likeness (QED) is 0.0195. The van der Waals surface area contributed by atoms with Crippen molar-refractivity contribution in [1.82, 2.24) is 5.32 Å². The Morgan fingerprint density at radius 3 is 1.06 bits per heavy atom. The molecule has 0 aromatic carbocycles. The van der Waals surface area contributed by atoms with Crippen LogP contribution in [0.3, 0.4) is 0 Å². The Labute approximate surface area is 587 Å². The number of rotatable bonds is 75. The highest BCUT2D eigenvalue weighted by Crippen LogP contribution is 2.24. The highest BCUT2D eigenvalue weighted by Gasteiger charge is 2.44. The summed E-state index contributed by atoms with van der Waals surface area (Å²) in [7, 11) is 0. The van der Waals surface area contributed by atoms with Gasteiger partial charge in [0.15, 0.2) is 6.29 Å². The first-order valence-electron chi connectivity index (χ1n) is 41.8. The summed E-state index contributed by atoms with van der Waals surface area (Å²) in [4.78, 5) is 25.2. The molecule has 0 aromatic rings. The van der Waals surface area contributed by atoms with Crippen molar-refractivity contribution in [2.45, 2.75) is 468 Å². The van der Waals surface area contributed by atoms with Gasteiger partial charge in [-0.1, -0.05) is 384 Å². The second-order valence-electron chi connectivity index (χ2n) is 29.2. The predicted molar refractivity (Wildman–Crippen MR) is 403 cm³/mol. The van der Waals surface area contributed by atoms with Crippen LogP contribution in [0.25, 0.3) is 0 Å². The topological polar surface area (TPSA) is 175 Å². The van der Waals surface area contributed by atoms with Crippen LogP contribution in [-0.2, 0) is 23.8 Å². The van der Waals surface area contributed by atoms with Crippen LogP contribution in [0.4, 0.5) is 0 Å². The molecule has 1 saturated heterocycles. The number of unbranched alkanes of at least 4 members (excludes halogenated alkanes) is 57. The van der Waals surface area contributed by atoms with Crippen molar-refractivity contribution in [3.63, 3.8) is 0 Å². The summed E-state index contributed by atoms with van der Waals surface area (Å²) in [5, 5.41) is 54.5. The van der Waals surface area contributed by atoms with Gasteiger partial charge in [-0.25, -0.2) is 0 Å². The zero-order valence-electron chi connectivity index (χ0n) is 62.7. The first-order chi connectivity index (χ1) is 46.7. The summed E-state index contributed by atoms with van der Waals surface area (Å²) in [5.74, 6) is -0.158. The molecule has 0 aliphatic carbocycles. The fraction of sp³-hybridized carbons (Fsp3) is 0.905. The van der Waals surface area contributed by atoms with Crippen molar-refractivity contribution in [2.24, 2.45) is 0 Å². The lowest BCUT2D eigenvalue weighted by atomic mass is 9.99. The van der Waals surface area contributed by atoms with Crippen molar-refractivity contribution in [2.75, 3.05) is 19.8 Å². The van der Waals surface area contributed by atoms with Crippen molar-refractivity contribution in [1.29, 1.82) is 0 Å². The van der Waals surface area contributed by atoms with Crippen LogP contribution >= 0.6 is 0 Å². The Kier molecular flexibility index (Phi) is 69.9. The molecule has 1 heterocycles. The molecule has 1 aliphatic heterocycles. The standard InChI is InChI=1S/C84H159NO10/c1-3-5-7-9-11-13-15-16-17-41-45-48-52-56-60-64-68-72-80(89)93-73-69-65-61-57-53-49-46-43-40-38-36-34-32-30-28-26-24-22-20-18-19-21-23-25-27-29-31-33-35-37-39-42-44-47-51-55-59-63-67-71-79(88)85-76(75-94-84-83(92)82(91)81(90)78(74-86)95-84)77(87)70-66-62-58-54-50-14-12-10-8-6-4-2/h18-19,22,24,66,70,76-78,81-84,86-87,90-92H,3-17,20-21,23,25-65,67-69,71-75H2,1-2H3,(H,85,88)/b19-18-,24-22-,70-66+. The van der Waals surface area contributed by atoms with Crippen LogP contribution < -0.4 is 5.32 Å². The Morgan fingerprint density at radius 2 is 0.705 bits per heavy atom. The zero-order chi connectivity index (χ0) is 68.6. The van der Waals surface area contributed by atoms with E-state index in [1.807, 2.05) is 6.08 Å². The van der Waals surface area contributed by atoms with Crippen LogP contribution in [0.5, 0.6) is 0 Å². The predicted octanol–water partition coefficient (Wildman–Crippen LogP) is 22.9. The molecule has 7 unspecified atom stereocenters. The van der Waals surface area contributed by atoms with E-state index in [1.165, 1.54) is 340 Å². The van der Waals surface area contributed by atoms with E-state index in [0.717, 1.165) is 57.8 Å². The van der Waals surface area contributed by atoms with Gasteiger partial charge in [0.1, 0.15) is 24.4 Å². The molecule has 0 bridgehead atoms. The molecule has 0 aromatic heterocycles. The summed E-state index contributed by atoms with van der Waals surface area (Å²) >= 11 is 0.